The zero-order valence-electron chi connectivity index (χ0n) is 11.7. The van der Waals surface area contributed by atoms with Crippen LogP contribution in [-0.2, 0) is 9.59 Å². The second-order valence-electron chi connectivity index (χ2n) is 5.89. The van der Waals surface area contributed by atoms with Gasteiger partial charge < -0.3 is 10.4 Å². The van der Waals surface area contributed by atoms with E-state index < -0.39 is 11.4 Å². The topological polar surface area (TPSA) is 66.4 Å². The summed E-state index contributed by atoms with van der Waals surface area (Å²) >= 11 is 0. The van der Waals surface area contributed by atoms with Gasteiger partial charge in [0.2, 0.25) is 5.91 Å². The number of hydrogen-bond donors (Lipinski definition) is 2. The van der Waals surface area contributed by atoms with E-state index in [1.54, 1.807) is 6.92 Å². The molecule has 1 saturated carbocycles. The van der Waals surface area contributed by atoms with E-state index in [4.69, 9.17) is 5.11 Å². The van der Waals surface area contributed by atoms with Crippen molar-refractivity contribution in [2.45, 2.75) is 52.9 Å². The van der Waals surface area contributed by atoms with Crippen LogP contribution in [-0.4, -0.2) is 23.5 Å². The average molecular weight is 255 g/mol. The highest BCUT2D eigenvalue weighted by Gasteiger charge is 2.32. The number of hydrogen-bond acceptors (Lipinski definition) is 2. The Morgan fingerprint density at radius 2 is 1.83 bits per heavy atom. The summed E-state index contributed by atoms with van der Waals surface area (Å²) in [4.78, 5) is 23.1. The molecule has 4 heteroatoms. The van der Waals surface area contributed by atoms with Crippen LogP contribution in [0.2, 0.25) is 0 Å². The van der Waals surface area contributed by atoms with Crippen molar-refractivity contribution in [3.8, 4) is 0 Å². The monoisotopic (exact) mass is 255 g/mol. The molecule has 1 unspecified atom stereocenters. The SMILES string of the molecule is CCC(C)(CNC(=O)C1CCC(C)CC1)C(=O)O. The minimum atomic E-state index is -0.850. The first kappa shape index (κ1) is 15.0. The summed E-state index contributed by atoms with van der Waals surface area (Å²) in [6, 6.07) is 0. The molecule has 104 valence electrons. The Morgan fingerprint density at radius 1 is 1.28 bits per heavy atom. The molecule has 0 aromatic heterocycles. The Kier molecular flexibility index (Phi) is 5.17. The van der Waals surface area contributed by atoms with Crippen molar-refractivity contribution in [1.29, 1.82) is 0 Å². The summed E-state index contributed by atoms with van der Waals surface area (Å²) in [6.45, 7) is 5.96. The molecule has 0 spiro atoms. The van der Waals surface area contributed by atoms with E-state index in [0.29, 0.717) is 12.3 Å². The van der Waals surface area contributed by atoms with Gasteiger partial charge in [-0.2, -0.15) is 0 Å². The summed E-state index contributed by atoms with van der Waals surface area (Å²) < 4.78 is 0. The van der Waals surface area contributed by atoms with E-state index in [1.807, 2.05) is 6.92 Å². The fourth-order valence-electron chi connectivity index (χ4n) is 2.30. The van der Waals surface area contributed by atoms with Crippen LogP contribution in [0.3, 0.4) is 0 Å². The van der Waals surface area contributed by atoms with Gasteiger partial charge in [0, 0.05) is 12.5 Å². The first-order valence-corrected chi connectivity index (χ1v) is 6.90. The maximum atomic E-state index is 12.0. The Bertz CT molecular complexity index is 308. The largest absolute Gasteiger partial charge is 0.481 e. The summed E-state index contributed by atoms with van der Waals surface area (Å²) in [5.74, 6) is -0.0181. The van der Waals surface area contributed by atoms with Crippen LogP contribution in [0.4, 0.5) is 0 Å². The number of carboxylic acid groups (broad SMARTS) is 1. The maximum Gasteiger partial charge on any atom is 0.311 e. The number of rotatable bonds is 5. The van der Waals surface area contributed by atoms with Crippen molar-refractivity contribution >= 4 is 11.9 Å². The number of aliphatic carboxylic acids is 1. The van der Waals surface area contributed by atoms with Crippen LogP contribution in [0.1, 0.15) is 52.9 Å². The van der Waals surface area contributed by atoms with Gasteiger partial charge >= 0.3 is 5.97 Å². The lowest BCUT2D eigenvalue weighted by molar-refractivity contribution is -0.148. The minimum Gasteiger partial charge on any atom is -0.481 e. The van der Waals surface area contributed by atoms with Crippen molar-refractivity contribution in [3.05, 3.63) is 0 Å². The van der Waals surface area contributed by atoms with E-state index in [2.05, 4.69) is 12.2 Å². The summed E-state index contributed by atoms with van der Waals surface area (Å²) in [7, 11) is 0. The van der Waals surface area contributed by atoms with Crippen LogP contribution in [0.5, 0.6) is 0 Å². The van der Waals surface area contributed by atoms with Crippen LogP contribution < -0.4 is 5.32 Å². The van der Waals surface area contributed by atoms with Crippen molar-refractivity contribution in [2.24, 2.45) is 17.3 Å². The van der Waals surface area contributed by atoms with Gasteiger partial charge in [0.1, 0.15) is 0 Å². The zero-order chi connectivity index (χ0) is 13.8. The van der Waals surface area contributed by atoms with E-state index >= 15 is 0 Å². The summed E-state index contributed by atoms with van der Waals surface area (Å²) in [6.07, 6.45) is 4.58. The van der Waals surface area contributed by atoms with Crippen molar-refractivity contribution in [3.63, 3.8) is 0 Å². The van der Waals surface area contributed by atoms with Crippen molar-refractivity contribution in [2.75, 3.05) is 6.54 Å². The van der Waals surface area contributed by atoms with Crippen molar-refractivity contribution < 1.29 is 14.7 Å². The second-order valence-corrected chi connectivity index (χ2v) is 5.89. The molecule has 1 amide bonds. The first-order valence-electron chi connectivity index (χ1n) is 6.90. The summed E-state index contributed by atoms with van der Waals surface area (Å²) in [5, 5.41) is 12.0. The van der Waals surface area contributed by atoms with Crippen LogP contribution >= 0.6 is 0 Å². The molecule has 0 aromatic rings. The predicted octanol–water partition coefficient (Wildman–Crippen LogP) is 2.43. The molecule has 1 atom stereocenters. The molecular weight excluding hydrogens is 230 g/mol. The lowest BCUT2D eigenvalue weighted by atomic mass is 9.82. The lowest BCUT2D eigenvalue weighted by Gasteiger charge is -2.28. The average Bonchev–Trinajstić information content (AvgIpc) is 2.36. The Hall–Kier alpha value is -1.06. The normalized spacial score (nSPS) is 27.3. The molecule has 1 fully saturated rings. The third-order valence-electron chi connectivity index (χ3n) is 4.34. The number of carbonyl (C=O) groups is 2. The van der Waals surface area contributed by atoms with E-state index in [1.165, 1.54) is 0 Å². The molecule has 1 aliphatic rings. The van der Waals surface area contributed by atoms with Gasteiger partial charge in [-0.05, 0) is 44.9 Å². The Morgan fingerprint density at radius 3 is 2.28 bits per heavy atom. The number of nitrogens with one attached hydrogen (secondary N) is 1. The smallest absolute Gasteiger partial charge is 0.311 e. The molecule has 2 N–H and O–H groups in total. The van der Waals surface area contributed by atoms with E-state index in [-0.39, 0.29) is 18.4 Å². The molecular formula is C14H25NO3. The minimum absolute atomic E-state index is 0.0304. The fourth-order valence-corrected chi connectivity index (χ4v) is 2.30. The molecule has 0 radical (unpaired) electrons. The van der Waals surface area contributed by atoms with Crippen molar-refractivity contribution in [1.82, 2.24) is 5.32 Å². The van der Waals surface area contributed by atoms with Gasteiger partial charge in [0.05, 0.1) is 5.41 Å². The molecule has 4 nitrogen and oxygen atoms in total. The molecule has 1 aliphatic carbocycles. The van der Waals surface area contributed by atoms with Crippen LogP contribution in [0.25, 0.3) is 0 Å². The van der Waals surface area contributed by atoms with Gasteiger partial charge in [0.25, 0.3) is 0 Å². The van der Waals surface area contributed by atoms with Gasteiger partial charge in [0.15, 0.2) is 0 Å². The quantitative estimate of drug-likeness (QED) is 0.793. The molecule has 0 aliphatic heterocycles. The standard InChI is InChI=1S/C14H25NO3/c1-4-14(3,13(17)18)9-15-12(16)11-7-5-10(2)6-8-11/h10-11H,4-9H2,1-3H3,(H,15,16)(H,17,18). The van der Waals surface area contributed by atoms with Gasteiger partial charge in [-0.15, -0.1) is 0 Å². The summed E-state index contributed by atoms with van der Waals surface area (Å²) in [5.41, 5.74) is -0.850. The zero-order valence-corrected chi connectivity index (χ0v) is 11.7. The maximum absolute atomic E-state index is 12.0. The highest BCUT2D eigenvalue weighted by Crippen LogP contribution is 2.28. The van der Waals surface area contributed by atoms with Crippen LogP contribution in [0, 0.1) is 17.3 Å². The van der Waals surface area contributed by atoms with Crippen LogP contribution in [0.15, 0.2) is 0 Å². The number of amides is 1. The third-order valence-corrected chi connectivity index (χ3v) is 4.34. The predicted molar refractivity (Wildman–Crippen MR) is 70.2 cm³/mol. The van der Waals surface area contributed by atoms with E-state index in [9.17, 15) is 9.59 Å². The first-order chi connectivity index (χ1) is 8.39. The van der Waals surface area contributed by atoms with Gasteiger partial charge in [-0.1, -0.05) is 13.8 Å². The highest BCUT2D eigenvalue weighted by molar-refractivity contribution is 5.80. The number of carboxylic acids is 1. The molecule has 0 saturated heterocycles. The van der Waals surface area contributed by atoms with E-state index in [0.717, 1.165) is 25.7 Å². The second kappa shape index (κ2) is 6.21. The number of carbonyl (C=O) groups excluding carboxylic acids is 1. The van der Waals surface area contributed by atoms with Gasteiger partial charge in [-0.25, -0.2) is 0 Å². The highest BCUT2D eigenvalue weighted by atomic mass is 16.4. The van der Waals surface area contributed by atoms with Gasteiger partial charge in [-0.3, -0.25) is 9.59 Å². The molecule has 1 rings (SSSR count). The third kappa shape index (κ3) is 3.72. The molecule has 18 heavy (non-hydrogen) atoms. The molecule has 0 bridgehead atoms. The lowest BCUT2D eigenvalue weighted by Crippen LogP contribution is -2.43. The molecule has 0 aromatic carbocycles. The molecule has 0 heterocycles. The Labute approximate surface area is 109 Å². The fraction of sp³-hybridized carbons (Fsp3) is 0.857. The Balaban J connectivity index is 2.43.